The minimum atomic E-state index is -0.848. The second kappa shape index (κ2) is 6.86. The number of aliphatic carboxylic acids is 1. The highest BCUT2D eigenvalue weighted by Crippen LogP contribution is 2.23. The molecule has 3 rings (SSSR count). The van der Waals surface area contributed by atoms with E-state index in [2.05, 4.69) is 10.1 Å². The van der Waals surface area contributed by atoms with Crippen LogP contribution >= 0.6 is 0 Å². The average molecular weight is 333 g/mol. The maximum Gasteiger partial charge on any atom is 0.308 e. The molecule has 2 aromatic rings. The van der Waals surface area contributed by atoms with Crippen molar-refractivity contribution in [2.75, 3.05) is 6.54 Å². The minimum absolute atomic E-state index is 0.0504. The van der Waals surface area contributed by atoms with Gasteiger partial charge in [-0.2, -0.15) is 4.98 Å². The number of hydrogen-bond donors (Lipinski definition) is 1. The third kappa shape index (κ3) is 3.47. The number of carbonyl (C=O) groups excluding carboxylic acids is 1. The molecule has 24 heavy (non-hydrogen) atoms. The van der Waals surface area contributed by atoms with Gasteiger partial charge in [-0.3, -0.25) is 9.59 Å². The molecule has 128 valence electrons. The Labute approximate surface area is 138 Å². The number of carbonyl (C=O) groups is 2. The van der Waals surface area contributed by atoms with E-state index in [0.29, 0.717) is 36.7 Å². The molecule has 2 aromatic heterocycles. The van der Waals surface area contributed by atoms with Gasteiger partial charge in [-0.05, 0) is 31.9 Å². The first kappa shape index (κ1) is 16.2. The van der Waals surface area contributed by atoms with Crippen molar-refractivity contribution in [3.63, 3.8) is 0 Å². The fourth-order valence-electron chi connectivity index (χ4n) is 2.88. The van der Waals surface area contributed by atoms with Crippen LogP contribution in [-0.4, -0.2) is 44.6 Å². The minimum Gasteiger partial charge on any atom is -0.481 e. The van der Waals surface area contributed by atoms with Crippen LogP contribution in [0.15, 0.2) is 27.3 Å². The van der Waals surface area contributed by atoms with Crippen LogP contribution in [0.4, 0.5) is 0 Å². The van der Waals surface area contributed by atoms with Gasteiger partial charge in [0.05, 0.1) is 12.2 Å². The van der Waals surface area contributed by atoms with E-state index in [9.17, 15) is 9.59 Å². The summed E-state index contributed by atoms with van der Waals surface area (Å²) in [7, 11) is 0. The zero-order valence-corrected chi connectivity index (χ0v) is 13.3. The van der Waals surface area contributed by atoms with Gasteiger partial charge < -0.3 is 18.9 Å². The molecular weight excluding hydrogens is 314 g/mol. The number of rotatable bonds is 5. The van der Waals surface area contributed by atoms with E-state index in [-0.39, 0.29) is 24.9 Å². The Bertz CT molecular complexity index is 709. The van der Waals surface area contributed by atoms with E-state index >= 15 is 0 Å². The zero-order chi connectivity index (χ0) is 17.1. The molecule has 0 aromatic carbocycles. The monoisotopic (exact) mass is 333 g/mol. The number of piperidine rings is 1. The molecule has 1 saturated heterocycles. The molecule has 1 fully saturated rings. The molecule has 0 aliphatic carbocycles. The molecule has 2 atom stereocenters. The van der Waals surface area contributed by atoms with Crippen LogP contribution in [0.25, 0.3) is 11.6 Å². The van der Waals surface area contributed by atoms with E-state index < -0.39 is 11.9 Å². The number of amides is 1. The van der Waals surface area contributed by atoms with Crippen molar-refractivity contribution < 1.29 is 23.6 Å². The van der Waals surface area contributed by atoms with Crippen LogP contribution in [0.1, 0.15) is 32.1 Å². The second-order valence-electron chi connectivity index (χ2n) is 6.00. The van der Waals surface area contributed by atoms with Gasteiger partial charge in [0.2, 0.25) is 17.6 Å². The lowest BCUT2D eigenvalue weighted by atomic mass is 9.93. The molecule has 0 bridgehead atoms. The second-order valence-corrected chi connectivity index (χ2v) is 6.00. The Morgan fingerprint density at radius 1 is 1.42 bits per heavy atom. The van der Waals surface area contributed by atoms with E-state index in [0.717, 1.165) is 0 Å². The Kier molecular flexibility index (Phi) is 4.64. The lowest BCUT2D eigenvalue weighted by molar-refractivity contribution is -0.147. The Balaban J connectivity index is 1.58. The molecule has 0 spiro atoms. The molecule has 3 heterocycles. The van der Waals surface area contributed by atoms with Gasteiger partial charge in [-0.1, -0.05) is 5.16 Å². The van der Waals surface area contributed by atoms with Gasteiger partial charge in [0.15, 0.2) is 5.76 Å². The predicted molar refractivity (Wildman–Crippen MR) is 81.9 cm³/mol. The smallest absolute Gasteiger partial charge is 0.308 e. The lowest BCUT2D eigenvalue weighted by Gasteiger charge is -2.36. The number of likely N-dealkylation sites (tertiary alicyclic amines) is 1. The molecular formula is C16H19N3O5. The first-order valence-corrected chi connectivity index (χ1v) is 7.93. The normalized spacial score (nSPS) is 21.0. The van der Waals surface area contributed by atoms with E-state index in [1.54, 1.807) is 17.0 Å². The molecule has 1 aliphatic heterocycles. The third-order valence-corrected chi connectivity index (χ3v) is 4.31. The van der Waals surface area contributed by atoms with Crippen LogP contribution in [0, 0.1) is 5.92 Å². The molecule has 8 heteroatoms. The SMILES string of the molecule is CC1CCC(C(=O)O)CN1C(=O)CCc1nc(-c2ccco2)no1. The summed E-state index contributed by atoms with van der Waals surface area (Å²) < 4.78 is 10.3. The maximum absolute atomic E-state index is 12.4. The van der Waals surface area contributed by atoms with Crippen molar-refractivity contribution in [3.8, 4) is 11.6 Å². The molecule has 2 unspecified atom stereocenters. The van der Waals surface area contributed by atoms with Crippen LogP contribution in [0.3, 0.4) is 0 Å². The van der Waals surface area contributed by atoms with Gasteiger partial charge in [-0.15, -0.1) is 0 Å². The largest absolute Gasteiger partial charge is 0.481 e. The standard InChI is InChI=1S/C16H19N3O5/c1-10-4-5-11(16(21)22)9-19(10)14(20)7-6-13-17-15(18-24-13)12-3-2-8-23-12/h2-3,8,10-11H,4-7,9H2,1H3,(H,21,22). The number of hydrogen-bond acceptors (Lipinski definition) is 6. The van der Waals surface area contributed by atoms with Crippen molar-refractivity contribution in [1.82, 2.24) is 15.0 Å². The Morgan fingerprint density at radius 2 is 2.25 bits per heavy atom. The van der Waals surface area contributed by atoms with E-state index in [1.165, 1.54) is 6.26 Å². The van der Waals surface area contributed by atoms with Crippen molar-refractivity contribution in [2.24, 2.45) is 5.92 Å². The topological polar surface area (TPSA) is 110 Å². The fourth-order valence-corrected chi connectivity index (χ4v) is 2.88. The third-order valence-electron chi connectivity index (χ3n) is 4.31. The number of carboxylic acids is 1. The van der Waals surface area contributed by atoms with Gasteiger partial charge in [0.25, 0.3) is 0 Å². The predicted octanol–water partition coefficient (Wildman–Crippen LogP) is 1.97. The molecule has 1 aliphatic rings. The average Bonchev–Trinajstić information content (AvgIpc) is 3.24. The van der Waals surface area contributed by atoms with Gasteiger partial charge in [-0.25, -0.2) is 0 Å². The number of carboxylic acid groups (broad SMARTS) is 1. The van der Waals surface area contributed by atoms with Crippen molar-refractivity contribution in [2.45, 2.75) is 38.6 Å². The highest BCUT2D eigenvalue weighted by atomic mass is 16.5. The number of nitrogens with zero attached hydrogens (tertiary/aromatic N) is 3. The summed E-state index contributed by atoms with van der Waals surface area (Å²) >= 11 is 0. The molecule has 8 nitrogen and oxygen atoms in total. The quantitative estimate of drug-likeness (QED) is 0.890. The summed E-state index contributed by atoms with van der Waals surface area (Å²) in [6.07, 6.45) is 3.35. The van der Waals surface area contributed by atoms with Crippen LogP contribution < -0.4 is 0 Å². The van der Waals surface area contributed by atoms with Gasteiger partial charge >= 0.3 is 5.97 Å². The Morgan fingerprint density at radius 3 is 2.96 bits per heavy atom. The maximum atomic E-state index is 12.4. The number of aromatic nitrogens is 2. The van der Waals surface area contributed by atoms with Crippen molar-refractivity contribution >= 4 is 11.9 Å². The van der Waals surface area contributed by atoms with E-state index in [4.69, 9.17) is 14.0 Å². The summed E-state index contributed by atoms with van der Waals surface area (Å²) in [5.41, 5.74) is 0. The van der Waals surface area contributed by atoms with Crippen molar-refractivity contribution in [3.05, 3.63) is 24.3 Å². The highest BCUT2D eigenvalue weighted by Gasteiger charge is 2.32. The highest BCUT2D eigenvalue weighted by molar-refractivity contribution is 5.78. The fraction of sp³-hybridized carbons (Fsp3) is 0.500. The van der Waals surface area contributed by atoms with Gasteiger partial charge in [0, 0.05) is 25.4 Å². The summed E-state index contributed by atoms with van der Waals surface area (Å²) in [4.78, 5) is 29.4. The van der Waals surface area contributed by atoms with Crippen LogP contribution in [-0.2, 0) is 16.0 Å². The first-order chi connectivity index (χ1) is 11.5. The van der Waals surface area contributed by atoms with Gasteiger partial charge in [0.1, 0.15) is 0 Å². The molecule has 0 radical (unpaired) electrons. The number of furan rings is 1. The lowest BCUT2D eigenvalue weighted by Crippen LogP contribution is -2.47. The zero-order valence-electron chi connectivity index (χ0n) is 13.3. The molecule has 1 amide bonds. The summed E-state index contributed by atoms with van der Waals surface area (Å²) in [6, 6.07) is 3.50. The van der Waals surface area contributed by atoms with E-state index in [1.807, 2.05) is 6.92 Å². The van der Waals surface area contributed by atoms with Crippen molar-refractivity contribution in [1.29, 1.82) is 0 Å². The Hall–Kier alpha value is -2.64. The first-order valence-electron chi connectivity index (χ1n) is 7.93. The van der Waals surface area contributed by atoms with Crippen LogP contribution in [0.2, 0.25) is 0 Å². The number of aryl methyl sites for hydroxylation is 1. The summed E-state index contributed by atoms with van der Waals surface area (Å²) in [6.45, 7) is 2.20. The van der Waals surface area contributed by atoms with Crippen LogP contribution in [0.5, 0.6) is 0 Å². The molecule has 1 N–H and O–H groups in total. The molecule has 0 saturated carbocycles. The summed E-state index contributed by atoms with van der Waals surface area (Å²) in [5.74, 6) is -0.218. The summed E-state index contributed by atoms with van der Waals surface area (Å²) in [5, 5.41) is 13.0.